The van der Waals surface area contributed by atoms with E-state index in [4.69, 9.17) is 0 Å². The Balaban J connectivity index is 1.05. The van der Waals surface area contributed by atoms with E-state index in [0.29, 0.717) is 0 Å². The third-order valence-corrected chi connectivity index (χ3v) is 13.0. The summed E-state index contributed by atoms with van der Waals surface area (Å²) in [7, 11) is 0. The predicted octanol–water partition coefficient (Wildman–Crippen LogP) is 13.8. The molecule has 0 N–H and O–H groups in total. The van der Waals surface area contributed by atoms with Gasteiger partial charge < -0.3 is 0 Å². The zero-order chi connectivity index (χ0) is 35.3. The fourth-order valence-electron chi connectivity index (χ4n) is 9.54. The van der Waals surface area contributed by atoms with Crippen molar-refractivity contribution in [2.24, 2.45) is 0 Å². The summed E-state index contributed by atoms with van der Waals surface area (Å²) in [5.74, 6) is 0.260. The van der Waals surface area contributed by atoms with Crippen LogP contribution in [-0.2, 0) is 12.8 Å². The number of nitrogens with zero attached hydrogens (tertiary/aromatic N) is 2. The number of rotatable bonds is 6. The van der Waals surface area contributed by atoms with Crippen LogP contribution >= 0.6 is 11.3 Å². The highest BCUT2D eigenvalue weighted by atomic mass is 32.1. The van der Waals surface area contributed by atoms with E-state index in [1.165, 1.54) is 103 Å². The van der Waals surface area contributed by atoms with Crippen molar-refractivity contribution in [2.45, 2.75) is 18.8 Å². The summed E-state index contributed by atoms with van der Waals surface area (Å²) in [5.41, 5.74) is 13.1. The average molecular weight is 707 g/mol. The fourth-order valence-corrected chi connectivity index (χ4v) is 10.6. The molecule has 4 heterocycles. The van der Waals surface area contributed by atoms with E-state index in [1.807, 2.05) is 11.3 Å². The highest BCUT2D eigenvalue weighted by Crippen LogP contribution is 2.45. The van der Waals surface area contributed by atoms with Crippen LogP contribution in [0.25, 0.3) is 85.9 Å². The van der Waals surface area contributed by atoms with Crippen molar-refractivity contribution in [3.63, 3.8) is 0 Å². The van der Waals surface area contributed by atoms with Gasteiger partial charge in [0.15, 0.2) is 0 Å². The van der Waals surface area contributed by atoms with Crippen molar-refractivity contribution in [1.82, 2.24) is 8.80 Å². The van der Waals surface area contributed by atoms with Gasteiger partial charge in [-0.15, -0.1) is 11.3 Å². The molecule has 12 rings (SSSR count). The van der Waals surface area contributed by atoms with Gasteiger partial charge in [0.1, 0.15) is 5.65 Å². The summed E-state index contributed by atoms with van der Waals surface area (Å²) < 4.78 is 7.71. The number of hydrogen-bond donors (Lipinski definition) is 0. The topological polar surface area (TPSA) is 8.82 Å². The Labute approximate surface area is 316 Å². The fraction of sp³-hybridized carbons (Fsp3) is 0.0588. The van der Waals surface area contributed by atoms with Gasteiger partial charge >= 0.3 is 0 Å². The number of para-hydroxylation sites is 3. The molecule has 0 radical (unpaired) electrons. The Hall–Kier alpha value is -6.42. The molecule has 3 heteroatoms. The van der Waals surface area contributed by atoms with Crippen LogP contribution in [0.5, 0.6) is 0 Å². The van der Waals surface area contributed by atoms with Crippen molar-refractivity contribution in [1.29, 1.82) is 0 Å². The van der Waals surface area contributed by atoms with Gasteiger partial charge in [-0.05, 0) is 99.8 Å². The molecule has 0 fully saturated rings. The predicted molar refractivity (Wildman–Crippen MR) is 231 cm³/mol. The molecule has 0 aliphatic rings. The summed E-state index contributed by atoms with van der Waals surface area (Å²) >= 11 is 1.89. The van der Waals surface area contributed by atoms with E-state index in [9.17, 15) is 0 Å². The van der Waals surface area contributed by atoms with Crippen molar-refractivity contribution < 1.29 is 0 Å². The molecule has 254 valence electrons. The summed E-state index contributed by atoms with van der Waals surface area (Å²) in [6, 6.07) is 65.6. The van der Waals surface area contributed by atoms with Gasteiger partial charge in [0.2, 0.25) is 0 Å². The van der Waals surface area contributed by atoms with Gasteiger partial charge in [-0.2, -0.15) is 0 Å². The molecule has 1 atom stereocenters. The Morgan fingerprint density at radius 2 is 1.04 bits per heavy atom. The first-order valence-corrected chi connectivity index (χ1v) is 19.7. The number of fused-ring (bicyclic) bond motifs is 13. The molecule has 12 aromatic rings. The molecule has 2 nitrogen and oxygen atoms in total. The van der Waals surface area contributed by atoms with Crippen LogP contribution in [0.3, 0.4) is 0 Å². The molecule has 54 heavy (non-hydrogen) atoms. The molecule has 0 amide bonds. The lowest BCUT2D eigenvalue weighted by Crippen LogP contribution is -2.08. The molecule has 8 aromatic carbocycles. The summed E-state index contributed by atoms with van der Waals surface area (Å²) in [4.78, 5) is 0. The Kier molecular flexibility index (Phi) is 6.43. The summed E-state index contributed by atoms with van der Waals surface area (Å²) in [6.45, 7) is 0. The van der Waals surface area contributed by atoms with Gasteiger partial charge in [-0.1, -0.05) is 133 Å². The molecule has 0 saturated carbocycles. The van der Waals surface area contributed by atoms with Crippen molar-refractivity contribution >= 4 is 86.2 Å². The van der Waals surface area contributed by atoms with Gasteiger partial charge in [-0.25, -0.2) is 0 Å². The van der Waals surface area contributed by atoms with Crippen LogP contribution < -0.4 is 0 Å². The van der Waals surface area contributed by atoms with Crippen LogP contribution in [-0.4, -0.2) is 8.80 Å². The number of imidazole rings is 1. The third kappa shape index (κ3) is 4.33. The third-order valence-electron chi connectivity index (χ3n) is 11.9. The van der Waals surface area contributed by atoms with Gasteiger partial charge in [0, 0.05) is 36.3 Å². The normalized spacial score (nSPS) is 12.9. The number of hydrogen-bond acceptors (Lipinski definition) is 1. The minimum Gasteiger partial charge on any atom is -0.293 e. The van der Waals surface area contributed by atoms with Gasteiger partial charge in [0.05, 0.1) is 22.1 Å². The number of benzene rings is 8. The zero-order valence-corrected chi connectivity index (χ0v) is 30.4. The van der Waals surface area contributed by atoms with E-state index in [0.717, 1.165) is 12.8 Å². The van der Waals surface area contributed by atoms with Crippen LogP contribution in [0.4, 0.5) is 0 Å². The number of thiophene rings is 1. The molecule has 0 aliphatic heterocycles. The lowest BCUT2D eigenvalue weighted by atomic mass is 9.84. The zero-order valence-electron chi connectivity index (χ0n) is 29.5. The van der Waals surface area contributed by atoms with Crippen LogP contribution in [0.1, 0.15) is 22.6 Å². The molecule has 0 unspecified atom stereocenters. The molecule has 4 aromatic heterocycles. The number of aromatic nitrogens is 2. The average Bonchev–Trinajstić information content (AvgIpc) is 3.96. The maximum Gasteiger partial charge on any atom is 0.131 e. The summed E-state index contributed by atoms with van der Waals surface area (Å²) in [6.07, 6.45) is 1.89. The molecular weight excluding hydrogens is 673 g/mol. The van der Waals surface area contributed by atoms with Crippen molar-refractivity contribution in [2.75, 3.05) is 0 Å². The smallest absolute Gasteiger partial charge is 0.131 e. The Morgan fingerprint density at radius 1 is 0.426 bits per heavy atom. The SMILES string of the molecule is c1ccc2c(-c3ccc(C[C@@H](Cc4ccc5sc6ccccc6c5c4)c4cccc5c4c4c6ccccc6n6c7ccccc7n5c46)cc3)cccc2c1. The van der Waals surface area contributed by atoms with E-state index < -0.39 is 0 Å². The van der Waals surface area contributed by atoms with E-state index in [1.54, 1.807) is 0 Å². The molecule has 0 aliphatic carbocycles. The minimum atomic E-state index is 0.260. The van der Waals surface area contributed by atoms with Crippen molar-refractivity contribution in [3.05, 3.63) is 193 Å². The Morgan fingerprint density at radius 3 is 1.89 bits per heavy atom. The second-order valence-electron chi connectivity index (χ2n) is 14.9. The lowest BCUT2D eigenvalue weighted by molar-refractivity contribution is 0.686. The second kappa shape index (κ2) is 11.5. The van der Waals surface area contributed by atoms with Crippen LogP contribution in [0.15, 0.2) is 176 Å². The van der Waals surface area contributed by atoms with Crippen LogP contribution in [0.2, 0.25) is 0 Å². The molecule has 0 spiro atoms. The van der Waals surface area contributed by atoms with E-state index >= 15 is 0 Å². The first kappa shape index (κ1) is 30.1. The first-order chi connectivity index (χ1) is 26.8. The first-order valence-electron chi connectivity index (χ1n) is 18.9. The maximum atomic E-state index is 2.52. The molecule has 0 bridgehead atoms. The van der Waals surface area contributed by atoms with Crippen LogP contribution in [0, 0.1) is 0 Å². The quantitative estimate of drug-likeness (QED) is 0.163. The Bertz CT molecular complexity index is 3380. The van der Waals surface area contributed by atoms with Gasteiger partial charge in [0.25, 0.3) is 0 Å². The molecule has 0 saturated heterocycles. The van der Waals surface area contributed by atoms with Crippen molar-refractivity contribution in [3.8, 4) is 11.1 Å². The monoisotopic (exact) mass is 706 g/mol. The highest BCUT2D eigenvalue weighted by molar-refractivity contribution is 7.25. The van der Waals surface area contributed by atoms with E-state index in [2.05, 4.69) is 185 Å². The van der Waals surface area contributed by atoms with Gasteiger partial charge in [-0.3, -0.25) is 8.80 Å². The maximum absolute atomic E-state index is 2.52. The minimum absolute atomic E-state index is 0.260. The second-order valence-corrected chi connectivity index (χ2v) is 16.0. The summed E-state index contributed by atoms with van der Waals surface area (Å²) in [5, 5.41) is 9.37. The molecular formula is C51H34N2S. The standard InChI is InChI=1S/C51H34N2S/c1-2-13-37-34(11-1)12-9-16-38(37)35-26-23-32(24-27-35)29-36(30-33-25-28-48-42(31-33)40-14-4-8-22-47(40)54-48)39-17-10-21-46-49(39)50-41-15-3-5-18-43(41)52-44-19-6-7-20-45(44)53(46)51(50)52/h1-28,31,36H,29-30H2/t36-/m0/s1. The lowest BCUT2D eigenvalue weighted by Gasteiger charge is -2.20. The largest absolute Gasteiger partial charge is 0.293 e. The van der Waals surface area contributed by atoms with E-state index in [-0.39, 0.29) is 5.92 Å². The highest BCUT2D eigenvalue weighted by Gasteiger charge is 2.26.